The molecule has 2 aromatic rings. The monoisotopic (exact) mass is 289 g/mol. The molecule has 0 amide bonds. The number of aromatic nitrogens is 1. The Labute approximate surface area is 121 Å². The van der Waals surface area contributed by atoms with E-state index in [4.69, 9.17) is 0 Å². The zero-order valence-electron chi connectivity index (χ0n) is 11.5. The topological polar surface area (TPSA) is 60.1 Å². The van der Waals surface area contributed by atoms with Gasteiger partial charge in [0.15, 0.2) is 0 Å². The Morgan fingerprint density at radius 3 is 2.86 bits per heavy atom. The van der Waals surface area contributed by atoms with E-state index in [1.807, 2.05) is 23.0 Å². The molecular formula is C15H16FN3O2. The fourth-order valence-corrected chi connectivity index (χ4v) is 2.28. The van der Waals surface area contributed by atoms with E-state index in [1.165, 1.54) is 25.0 Å². The molecule has 21 heavy (non-hydrogen) atoms. The van der Waals surface area contributed by atoms with E-state index >= 15 is 0 Å². The lowest BCUT2D eigenvalue weighted by Crippen LogP contribution is -2.14. The highest BCUT2D eigenvalue weighted by molar-refractivity contribution is 5.35. The predicted molar refractivity (Wildman–Crippen MR) is 76.5 cm³/mol. The first-order valence-corrected chi connectivity index (χ1v) is 6.92. The number of hydrogen-bond acceptors (Lipinski definition) is 3. The molecule has 1 saturated carbocycles. The molecule has 1 aromatic heterocycles. The van der Waals surface area contributed by atoms with Crippen molar-refractivity contribution in [1.29, 1.82) is 0 Å². The number of rotatable bonds is 6. The van der Waals surface area contributed by atoms with Gasteiger partial charge in [-0.05, 0) is 36.1 Å². The van der Waals surface area contributed by atoms with Gasteiger partial charge in [0, 0.05) is 37.6 Å². The van der Waals surface area contributed by atoms with E-state index in [9.17, 15) is 14.5 Å². The van der Waals surface area contributed by atoms with Crippen molar-refractivity contribution in [3.63, 3.8) is 0 Å². The lowest BCUT2D eigenvalue weighted by atomic mass is 10.2. The van der Waals surface area contributed by atoms with Crippen LogP contribution in [0.5, 0.6) is 0 Å². The van der Waals surface area contributed by atoms with Gasteiger partial charge in [0.25, 0.3) is 5.69 Å². The predicted octanol–water partition coefficient (Wildman–Crippen LogP) is 2.84. The highest BCUT2D eigenvalue weighted by Crippen LogP contribution is 2.20. The Hall–Kier alpha value is -2.21. The first-order valence-electron chi connectivity index (χ1n) is 6.92. The minimum Gasteiger partial charge on any atom is -0.350 e. The van der Waals surface area contributed by atoms with Crippen LogP contribution in [0.4, 0.5) is 10.1 Å². The summed E-state index contributed by atoms with van der Waals surface area (Å²) >= 11 is 0. The summed E-state index contributed by atoms with van der Waals surface area (Å²) in [5, 5.41) is 14.2. The van der Waals surface area contributed by atoms with Gasteiger partial charge in [-0.1, -0.05) is 0 Å². The molecule has 6 heteroatoms. The van der Waals surface area contributed by atoms with Crippen LogP contribution in [0.3, 0.4) is 0 Å². The van der Waals surface area contributed by atoms with Gasteiger partial charge in [0.2, 0.25) is 0 Å². The summed E-state index contributed by atoms with van der Waals surface area (Å²) in [6.07, 6.45) is 6.37. The molecule has 3 rings (SSSR count). The minimum atomic E-state index is -0.582. The minimum absolute atomic E-state index is 0.215. The molecule has 110 valence electrons. The largest absolute Gasteiger partial charge is 0.350 e. The average molecular weight is 289 g/mol. The van der Waals surface area contributed by atoms with E-state index in [-0.39, 0.29) is 5.69 Å². The van der Waals surface area contributed by atoms with Crippen LogP contribution in [0.1, 0.15) is 24.0 Å². The molecule has 1 heterocycles. The fraction of sp³-hybridized carbons (Fsp3) is 0.333. The second kappa shape index (κ2) is 5.65. The summed E-state index contributed by atoms with van der Waals surface area (Å²) in [6, 6.07) is 6.33. The highest BCUT2D eigenvalue weighted by Gasteiger charge is 2.20. The molecule has 1 N–H and O–H groups in total. The zero-order valence-corrected chi connectivity index (χ0v) is 11.5. The number of hydrogen-bond donors (Lipinski definition) is 1. The second-order valence-corrected chi connectivity index (χ2v) is 5.42. The van der Waals surface area contributed by atoms with Gasteiger partial charge >= 0.3 is 0 Å². The van der Waals surface area contributed by atoms with Crippen LogP contribution in [-0.2, 0) is 13.1 Å². The molecule has 5 nitrogen and oxygen atoms in total. The molecular weight excluding hydrogens is 273 g/mol. The van der Waals surface area contributed by atoms with Gasteiger partial charge in [0.1, 0.15) is 5.82 Å². The molecule has 0 aliphatic heterocycles. The van der Waals surface area contributed by atoms with E-state index in [0.717, 1.165) is 18.2 Å². The van der Waals surface area contributed by atoms with Gasteiger partial charge in [-0.2, -0.15) is 0 Å². The maximum Gasteiger partial charge on any atom is 0.272 e. The van der Waals surface area contributed by atoms with E-state index in [1.54, 1.807) is 0 Å². The smallest absolute Gasteiger partial charge is 0.272 e. The normalized spacial score (nSPS) is 14.3. The van der Waals surface area contributed by atoms with Gasteiger partial charge in [-0.15, -0.1) is 0 Å². The maximum absolute atomic E-state index is 13.4. The van der Waals surface area contributed by atoms with Crippen LogP contribution in [0.2, 0.25) is 0 Å². The van der Waals surface area contributed by atoms with Crippen LogP contribution in [-0.4, -0.2) is 15.5 Å². The summed E-state index contributed by atoms with van der Waals surface area (Å²) < 4.78 is 15.3. The summed E-state index contributed by atoms with van der Waals surface area (Å²) in [7, 11) is 0. The number of benzene rings is 1. The van der Waals surface area contributed by atoms with Crippen LogP contribution in [0.15, 0.2) is 36.7 Å². The first-order chi connectivity index (χ1) is 10.1. The van der Waals surface area contributed by atoms with Crippen molar-refractivity contribution in [1.82, 2.24) is 9.88 Å². The number of nitro benzene ring substituents is 1. The maximum atomic E-state index is 13.4. The standard InChI is InChI=1S/C15H16FN3O2/c16-13-5-12(6-15(7-13)19(20)21)10-18-4-3-11(9-18)8-17-14-1-2-14/h3-7,9,14,17H,1-2,8,10H2. The van der Waals surface area contributed by atoms with Crippen LogP contribution < -0.4 is 5.32 Å². The summed E-state index contributed by atoms with van der Waals surface area (Å²) in [5.74, 6) is -0.582. The second-order valence-electron chi connectivity index (χ2n) is 5.42. The van der Waals surface area contributed by atoms with Crippen molar-refractivity contribution in [3.05, 3.63) is 63.7 Å². The highest BCUT2D eigenvalue weighted by atomic mass is 19.1. The molecule has 0 spiro atoms. The van der Waals surface area contributed by atoms with E-state index in [2.05, 4.69) is 5.32 Å². The summed E-state index contributed by atoms with van der Waals surface area (Å²) in [5.41, 5.74) is 1.53. The molecule has 0 unspecified atom stereocenters. The molecule has 0 atom stereocenters. The third-order valence-corrected chi connectivity index (χ3v) is 3.50. The van der Waals surface area contributed by atoms with E-state index in [0.29, 0.717) is 18.2 Å². The lowest BCUT2D eigenvalue weighted by molar-refractivity contribution is -0.385. The van der Waals surface area contributed by atoms with Crippen molar-refractivity contribution >= 4 is 5.69 Å². The molecule has 0 saturated heterocycles. The van der Waals surface area contributed by atoms with Gasteiger partial charge in [-0.3, -0.25) is 10.1 Å². The number of non-ortho nitro benzene ring substituents is 1. The Balaban J connectivity index is 1.69. The van der Waals surface area contributed by atoms with Crippen molar-refractivity contribution < 1.29 is 9.31 Å². The number of nitrogens with one attached hydrogen (secondary N) is 1. The number of nitrogens with zero attached hydrogens (tertiary/aromatic N) is 2. The first kappa shape index (κ1) is 13.8. The SMILES string of the molecule is O=[N+]([O-])c1cc(F)cc(Cn2ccc(CNC3CC3)c2)c1. The Kier molecular flexibility index (Phi) is 3.70. The van der Waals surface area contributed by atoms with Gasteiger partial charge in [-0.25, -0.2) is 4.39 Å². The Bertz CT molecular complexity index is 665. The van der Waals surface area contributed by atoms with Crippen LogP contribution in [0, 0.1) is 15.9 Å². The average Bonchev–Trinajstić information content (AvgIpc) is 3.16. The number of nitro groups is 1. The van der Waals surface area contributed by atoms with Crippen molar-refractivity contribution in [3.8, 4) is 0 Å². The van der Waals surface area contributed by atoms with Crippen molar-refractivity contribution in [2.24, 2.45) is 0 Å². The lowest BCUT2D eigenvalue weighted by Gasteiger charge is -2.04. The quantitative estimate of drug-likeness (QED) is 0.657. The third-order valence-electron chi connectivity index (χ3n) is 3.50. The van der Waals surface area contributed by atoms with E-state index < -0.39 is 10.7 Å². The van der Waals surface area contributed by atoms with Crippen LogP contribution in [0.25, 0.3) is 0 Å². The number of halogens is 1. The van der Waals surface area contributed by atoms with Crippen molar-refractivity contribution in [2.75, 3.05) is 0 Å². The van der Waals surface area contributed by atoms with Crippen molar-refractivity contribution in [2.45, 2.75) is 32.0 Å². The molecule has 1 aromatic carbocycles. The summed E-state index contributed by atoms with van der Waals surface area (Å²) in [4.78, 5) is 10.2. The Morgan fingerprint density at radius 2 is 2.14 bits per heavy atom. The Morgan fingerprint density at radius 1 is 1.33 bits per heavy atom. The van der Waals surface area contributed by atoms with Crippen LogP contribution >= 0.6 is 0 Å². The zero-order chi connectivity index (χ0) is 14.8. The molecule has 0 bridgehead atoms. The van der Waals surface area contributed by atoms with Gasteiger partial charge in [0.05, 0.1) is 11.0 Å². The molecule has 1 aliphatic carbocycles. The third kappa shape index (κ3) is 3.66. The molecule has 1 fully saturated rings. The molecule has 1 aliphatic rings. The van der Waals surface area contributed by atoms with Gasteiger partial charge < -0.3 is 9.88 Å². The molecule has 0 radical (unpaired) electrons. The summed E-state index contributed by atoms with van der Waals surface area (Å²) in [6.45, 7) is 1.24. The fourth-order valence-electron chi connectivity index (χ4n) is 2.28.